The van der Waals surface area contributed by atoms with Crippen LogP contribution in [0.4, 0.5) is 10.7 Å². The van der Waals surface area contributed by atoms with Crippen molar-refractivity contribution in [1.82, 2.24) is 4.90 Å². The first-order valence-corrected chi connectivity index (χ1v) is 9.65. The molecule has 3 heterocycles. The van der Waals surface area contributed by atoms with E-state index in [0.29, 0.717) is 23.9 Å². The summed E-state index contributed by atoms with van der Waals surface area (Å²) in [7, 11) is 0. The molecule has 0 atom stereocenters. The van der Waals surface area contributed by atoms with E-state index < -0.39 is 0 Å². The number of benzene rings is 1. The number of carbonyl (C=O) groups is 2. The van der Waals surface area contributed by atoms with Crippen molar-refractivity contribution in [2.75, 3.05) is 31.2 Å². The Balaban J connectivity index is 1.47. The van der Waals surface area contributed by atoms with Gasteiger partial charge in [-0.1, -0.05) is 29.8 Å². The summed E-state index contributed by atoms with van der Waals surface area (Å²) in [6.07, 6.45) is 1.64. The predicted molar refractivity (Wildman–Crippen MR) is 104 cm³/mol. The molecule has 2 saturated heterocycles. The minimum atomic E-state index is -0.283. The van der Waals surface area contributed by atoms with Crippen LogP contribution in [0.3, 0.4) is 0 Å². The van der Waals surface area contributed by atoms with Crippen LogP contribution in [0.2, 0.25) is 0 Å². The molecule has 7 heteroatoms. The van der Waals surface area contributed by atoms with Gasteiger partial charge in [-0.2, -0.15) is 0 Å². The van der Waals surface area contributed by atoms with Gasteiger partial charge < -0.3 is 14.1 Å². The van der Waals surface area contributed by atoms with Crippen molar-refractivity contribution in [3.8, 4) is 0 Å². The highest BCUT2D eigenvalue weighted by atomic mass is 32.2. The van der Waals surface area contributed by atoms with E-state index in [1.54, 1.807) is 6.08 Å². The second kappa shape index (κ2) is 7.62. The van der Waals surface area contributed by atoms with Crippen LogP contribution in [0.25, 0.3) is 6.08 Å². The smallest absolute Gasteiger partial charge is 0.293 e. The van der Waals surface area contributed by atoms with Crippen molar-refractivity contribution in [3.63, 3.8) is 0 Å². The lowest BCUT2D eigenvalue weighted by molar-refractivity contribution is -0.123. The second-order valence-corrected chi connectivity index (χ2v) is 7.52. The Hall–Kier alpha value is -2.51. The maximum absolute atomic E-state index is 12.6. The van der Waals surface area contributed by atoms with Crippen LogP contribution in [0.5, 0.6) is 0 Å². The lowest BCUT2D eigenvalue weighted by Gasteiger charge is -2.26. The molecule has 4 rings (SSSR count). The number of amides is 2. The maximum Gasteiger partial charge on any atom is 0.293 e. The molecule has 0 spiro atoms. The molecule has 0 saturated carbocycles. The molecule has 0 bridgehead atoms. The molecule has 0 unspecified atom stereocenters. The number of hydrogen-bond acceptors (Lipinski definition) is 6. The minimum Gasteiger partial charge on any atom is -0.441 e. The summed E-state index contributed by atoms with van der Waals surface area (Å²) in [6.45, 7) is 5.18. The van der Waals surface area contributed by atoms with Crippen molar-refractivity contribution in [3.05, 3.63) is 58.2 Å². The molecule has 0 radical (unpaired) electrons. The first-order chi connectivity index (χ1) is 13.1. The van der Waals surface area contributed by atoms with Gasteiger partial charge in [-0.25, -0.2) is 0 Å². The van der Waals surface area contributed by atoms with Crippen molar-refractivity contribution in [1.29, 1.82) is 0 Å². The summed E-state index contributed by atoms with van der Waals surface area (Å²) in [5.74, 6) is 1.04. The fraction of sp³-hybridized carbons (Fsp3) is 0.300. The van der Waals surface area contributed by atoms with Gasteiger partial charge in [-0.15, -0.1) is 0 Å². The number of furan rings is 1. The van der Waals surface area contributed by atoms with Crippen LogP contribution >= 0.6 is 11.8 Å². The van der Waals surface area contributed by atoms with Crippen LogP contribution < -0.4 is 4.90 Å². The number of rotatable bonds is 4. The summed E-state index contributed by atoms with van der Waals surface area (Å²) in [5, 5.41) is -0.258. The van der Waals surface area contributed by atoms with Crippen LogP contribution in [-0.4, -0.2) is 42.3 Å². The van der Waals surface area contributed by atoms with Gasteiger partial charge in [0, 0.05) is 25.2 Å². The predicted octanol–water partition coefficient (Wildman–Crippen LogP) is 3.66. The lowest BCUT2D eigenvalue weighted by atomic mass is 10.1. The van der Waals surface area contributed by atoms with Crippen molar-refractivity contribution in [2.24, 2.45) is 0 Å². The monoisotopic (exact) mass is 384 g/mol. The van der Waals surface area contributed by atoms with E-state index in [0.717, 1.165) is 41.9 Å². The minimum absolute atomic E-state index is 0.258. The van der Waals surface area contributed by atoms with E-state index >= 15 is 0 Å². The Morgan fingerprint density at radius 2 is 1.81 bits per heavy atom. The molecule has 2 aromatic rings. The van der Waals surface area contributed by atoms with Gasteiger partial charge in [-0.05, 0) is 30.3 Å². The molecule has 2 aliphatic rings. The normalized spacial score (nSPS) is 19.4. The molecule has 2 fully saturated rings. The SMILES string of the molecule is Cc1ccc(CN2C(=O)S/C(=C\c3ccc(N4CCOCC4)o3)C2=O)cc1. The third-order valence-electron chi connectivity index (χ3n) is 4.54. The molecule has 27 heavy (non-hydrogen) atoms. The van der Waals surface area contributed by atoms with E-state index in [9.17, 15) is 9.59 Å². The number of nitrogens with zero attached hydrogens (tertiary/aromatic N) is 2. The molecule has 6 nitrogen and oxygen atoms in total. The van der Waals surface area contributed by atoms with Gasteiger partial charge in [-0.3, -0.25) is 14.5 Å². The van der Waals surface area contributed by atoms with Gasteiger partial charge in [0.05, 0.1) is 24.7 Å². The Morgan fingerprint density at radius 1 is 1.07 bits per heavy atom. The molecule has 2 amide bonds. The molecule has 1 aromatic carbocycles. The number of imide groups is 1. The molecule has 0 aliphatic carbocycles. The quantitative estimate of drug-likeness (QED) is 0.750. The van der Waals surface area contributed by atoms with Crippen molar-refractivity contribution >= 4 is 34.9 Å². The zero-order valence-electron chi connectivity index (χ0n) is 15.0. The van der Waals surface area contributed by atoms with Gasteiger partial charge in [0.1, 0.15) is 5.76 Å². The number of thioether (sulfide) groups is 1. The largest absolute Gasteiger partial charge is 0.441 e. The Kier molecular flexibility index (Phi) is 5.05. The maximum atomic E-state index is 12.6. The molecule has 2 aliphatic heterocycles. The van der Waals surface area contributed by atoms with Crippen LogP contribution in [-0.2, 0) is 16.1 Å². The third kappa shape index (κ3) is 3.94. The van der Waals surface area contributed by atoms with Crippen molar-refractivity contribution in [2.45, 2.75) is 13.5 Å². The van der Waals surface area contributed by atoms with Crippen LogP contribution in [0.1, 0.15) is 16.9 Å². The van der Waals surface area contributed by atoms with Gasteiger partial charge in [0.15, 0.2) is 5.88 Å². The van der Waals surface area contributed by atoms with E-state index in [-0.39, 0.29) is 17.7 Å². The molecular weight excluding hydrogens is 364 g/mol. The first kappa shape index (κ1) is 17.9. The summed E-state index contributed by atoms with van der Waals surface area (Å²) >= 11 is 0.949. The lowest BCUT2D eigenvalue weighted by Crippen LogP contribution is -2.35. The highest BCUT2D eigenvalue weighted by Gasteiger charge is 2.35. The third-order valence-corrected chi connectivity index (χ3v) is 5.45. The molecule has 1 aromatic heterocycles. The van der Waals surface area contributed by atoms with E-state index in [2.05, 4.69) is 4.90 Å². The number of aryl methyl sites for hydroxylation is 1. The number of ether oxygens (including phenoxy) is 1. The van der Waals surface area contributed by atoms with Gasteiger partial charge in [0.2, 0.25) is 0 Å². The summed E-state index contributed by atoms with van der Waals surface area (Å²) in [4.78, 5) is 28.7. The number of anilines is 1. The first-order valence-electron chi connectivity index (χ1n) is 8.83. The van der Waals surface area contributed by atoms with Gasteiger partial charge >= 0.3 is 0 Å². The van der Waals surface area contributed by atoms with Crippen LogP contribution in [0, 0.1) is 6.92 Å². The fourth-order valence-corrected chi connectivity index (χ4v) is 3.83. The summed E-state index contributed by atoms with van der Waals surface area (Å²) in [6, 6.07) is 11.5. The molecule has 140 valence electrons. The standard InChI is InChI=1S/C20H20N2O4S/c1-14-2-4-15(5-3-14)13-22-19(23)17(27-20(22)24)12-16-6-7-18(26-16)21-8-10-25-11-9-21/h2-7,12H,8-11,13H2,1H3/b17-12-. The second-order valence-electron chi connectivity index (χ2n) is 6.53. The van der Waals surface area contributed by atoms with E-state index in [1.807, 2.05) is 43.3 Å². The Bertz CT molecular complexity index is 882. The summed E-state index contributed by atoms with van der Waals surface area (Å²) < 4.78 is 11.2. The number of carbonyl (C=O) groups excluding carboxylic acids is 2. The highest BCUT2D eigenvalue weighted by Crippen LogP contribution is 2.34. The zero-order valence-corrected chi connectivity index (χ0v) is 15.8. The Morgan fingerprint density at radius 3 is 2.56 bits per heavy atom. The zero-order chi connectivity index (χ0) is 18.8. The van der Waals surface area contributed by atoms with E-state index in [4.69, 9.17) is 9.15 Å². The fourth-order valence-electron chi connectivity index (χ4n) is 3.02. The molecule has 0 N–H and O–H groups in total. The number of morpholine rings is 1. The molecular formula is C20H20N2O4S. The highest BCUT2D eigenvalue weighted by molar-refractivity contribution is 8.18. The topological polar surface area (TPSA) is 63.0 Å². The average Bonchev–Trinajstić information content (AvgIpc) is 3.25. The van der Waals surface area contributed by atoms with Crippen molar-refractivity contribution < 1.29 is 18.7 Å². The van der Waals surface area contributed by atoms with Gasteiger partial charge in [0.25, 0.3) is 11.1 Å². The van der Waals surface area contributed by atoms with E-state index in [1.165, 1.54) is 4.90 Å². The Labute approximate surface area is 161 Å². The van der Waals surface area contributed by atoms with Crippen LogP contribution in [0.15, 0.2) is 45.7 Å². The summed E-state index contributed by atoms with van der Waals surface area (Å²) in [5.41, 5.74) is 2.07. The average molecular weight is 384 g/mol. The number of hydrogen-bond donors (Lipinski definition) is 0.